The van der Waals surface area contributed by atoms with E-state index >= 15 is 0 Å². The number of nitrogens with zero attached hydrogens (tertiary/aromatic N) is 1. The minimum atomic E-state index is -3.41. The molecule has 1 heterocycles. The number of sulfonamides is 1. The van der Waals surface area contributed by atoms with Crippen LogP contribution in [0, 0.1) is 6.92 Å². The molecule has 0 aliphatic heterocycles. The molecule has 1 N–H and O–H groups in total. The molecule has 1 unspecified atom stereocenters. The number of thiazole rings is 1. The van der Waals surface area contributed by atoms with Gasteiger partial charge in [0.15, 0.2) is 4.21 Å². The second-order valence-electron chi connectivity index (χ2n) is 3.55. The molecule has 0 saturated heterocycles. The summed E-state index contributed by atoms with van der Waals surface area (Å²) in [6, 6.07) is -0.105. The summed E-state index contributed by atoms with van der Waals surface area (Å²) < 4.78 is 26.6. The summed E-state index contributed by atoms with van der Waals surface area (Å²) in [5.41, 5.74) is 0. The Balaban J connectivity index is 2.65. The summed E-state index contributed by atoms with van der Waals surface area (Å²) in [5, 5.41) is 0.744. The Kier molecular flexibility index (Phi) is 5.17. The number of aromatic nitrogens is 1. The number of alkyl halides is 1. The zero-order valence-corrected chi connectivity index (χ0v) is 11.6. The largest absolute Gasteiger partial charge is 0.251 e. The topological polar surface area (TPSA) is 59.1 Å². The monoisotopic (exact) mass is 282 g/mol. The van der Waals surface area contributed by atoms with Crippen LogP contribution in [0.25, 0.3) is 0 Å². The van der Waals surface area contributed by atoms with Crippen molar-refractivity contribution in [2.45, 2.75) is 36.9 Å². The van der Waals surface area contributed by atoms with E-state index in [1.54, 1.807) is 6.92 Å². The molecule has 0 saturated carbocycles. The van der Waals surface area contributed by atoms with E-state index < -0.39 is 10.0 Å². The lowest BCUT2D eigenvalue weighted by molar-refractivity contribution is 0.546. The Labute approximate surface area is 105 Å². The van der Waals surface area contributed by atoms with Gasteiger partial charge in [-0.3, -0.25) is 0 Å². The first-order chi connectivity index (χ1) is 7.45. The van der Waals surface area contributed by atoms with E-state index in [0.717, 1.165) is 17.8 Å². The van der Waals surface area contributed by atoms with Crippen LogP contribution in [0.2, 0.25) is 0 Å². The Morgan fingerprint density at radius 1 is 1.62 bits per heavy atom. The molecule has 7 heteroatoms. The Bertz CT molecular complexity index is 430. The van der Waals surface area contributed by atoms with Gasteiger partial charge in [0.05, 0.1) is 11.2 Å². The maximum absolute atomic E-state index is 11.8. The maximum atomic E-state index is 11.8. The third-order valence-electron chi connectivity index (χ3n) is 1.99. The molecule has 16 heavy (non-hydrogen) atoms. The van der Waals surface area contributed by atoms with E-state index in [1.807, 2.05) is 6.92 Å². The highest BCUT2D eigenvalue weighted by atomic mass is 35.5. The summed E-state index contributed by atoms with van der Waals surface area (Å²) in [4.78, 5) is 3.93. The van der Waals surface area contributed by atoms with Gasteiger partial charge in [-0.15, -0.1) is 22.9 Å². The van der Waals surface area contributed by atoms with Crippen molar-refractivity contribution in [2.75, 3.05) is 5.88 Å². The van der Waals surface area contributed by atoms with Crippen LogP contribution in [0.5, 0.6) is 0 Å². The molecule has 1 aromatic rings. The predicted molar refractivity (Wildman–Crippen MR) is 66.6 cm³/mol. The summed E-state index contributed by atoms with van der Waals surface area (Å²) >= 11 is 6.72. The van der Waals surface area contributed by atoms with Crippen molar-refractivity contribution in [2.24, 2.45) is 0 Å². The average molecular weight is 283 g/mol. The predicted octanol–water partition coefficient (Wildman–Crippen LogP) is 2.14. The SMILES string of the molecule is Cc1ncc(S(=O)(=O)NC(C)CCCCl)s1. The average Bonchev–Trinajstić information content (AvgIpc) is 2.62. The lowest BCUT2D eigenvalue weighted by atomic mass is 10.2. The van der Waals surface area contributed by atoms with Gasteiger partial charge in [-0.1, -0.05) is 0 Å². The minimum absolute atomic E-state index is 0.105. The highest BCUT2D eigenvalue weighted by Crippen LogP contribution is 2.18. The fourth-order valence-corrected chi connectivity index (χ4v) is 3.79. The Hall–Kier alpha value is -0.170. The number of halogens is 1. The van der Waals surface area contributed by atoms with Gasteiger partial charge in [0.1, 0.15) is 0 Å². The first kappa shape index (κ1) is 13.9. The second-order valence-corrected chi connectivity index (χ2v) is 7.11. The lowest BCUT2D eigenvalue weighted by Crippen LogP contribution is -2.32. The maximum Gasteiger partial charge on any atom is 0.251 e. The van der Waals surface area contributed by atoms with Gasteiger partial charge >= 0.3 is 0 Å². The quantitative estimate of drug-likeness (QED) is 0.813. The summed E-state index contributed by atoms with van der Waals surface area (Å²) in [6.45, 7) is 3.61. The van der Waals surface area contributed by atoms with Crippen molar-refractivity contribution in [1.29, 1.82) is 0 Å². The van der Waals surface area contributed by atoms with Crippen LogP contribution in [0.1, 0.15) is 24.8 Å². The smallest absolute Gasteiger partial charge is 0.249 e. The highest BCUT2D eigenvalue weighted by molar-refractivity contribution is 7.91. The molecule has 1 atom stereocenters. The molecule has 0 spiro atoms. The summed E-state index contributed by atoms with van der Waals surface area (Å²) in [6.07, 6.45) is 2.92. The van der Waals surface area contributed by atoms with Crippen molar-refractivity contribution in [3.63, 3.8) is 0 Å². The first-order valence-electron chi connectivity index (χ1n) is 4.96. The number of nitrogens with one attached hydrogen (secondary N) is 1. The molecule has 1 rings (SSSR count). The standard InChI is InChI=1S/C9H15ClN2O2S2/c1-7(4-3-5-10)12-16(13,14)9-6-11-8(2)15-9/h6-7,12H,3-5H2,1-2H3. The van der Waals surface area contributed by atoms with E-state index in [4.69, 9.17) is 11.6 Å². The van der Waals surface area contributed by atoms with E-state index in [-0.39, 0.29) is 10.3 Å². The normalized spacial score (nSPS) is 13.9. The molecular weight excluding hydrogens is 268 g/mol. The van der Waals surface area contributed by atoms with Crippen LogP contribution in [0.3, 0.4) is 0 Å². The zero-order valence-electron chi connectivity index (χ0n) is 9.23. The van der Waals surface area contributed by atoms with E-state index in [0.29, 0.717) is 5.88 Å². The van der Waals surface area contributed by atoms with Crippen molar-refractivity contribution in [1.82, 2.24) is 9.71 Å². The number of rotatable bonds is 6. The Morgan fingerprint density at radius 2 is 2.31 bits per heavy atom. The van der Waals surface area contributed by atoms with Crippen molar-refractivity contribution < 1.29 is 8.42 Å². The minimum Gasteiger partial charge on any atom is -0.249 e. The van der Waals surface area contributed by atoms with E-state index in [2.05, 4.69) is 9.71 Å². The van der Waals surface area contributed by atoms with Crippen molar-refractivity contribution in [3.05, 3.63) is 11.2 Å². The number of hydrogen-bond acceptors (Lipinski definition) is 4. The molecule has 0 aliphatic carbocycles. The van der Waals surface area contributed by atoms with E-state index in [9.17, 15) is 8.42 Å². The van der Waals surface area contributed by atoms with Gasteiger partial charge in [0.2, 0.25) is 0 Å². The van der Waals surface area contributed by atoms with Gasteiger partial charge in [-0.05, 0) is 26.7 Å². The number of aryl methyl sites for hydroxylation is 1. The van der Waals surface area contributed by atoms with Crippen LogP contribution in [0.15, 0.2) is 10.4 Å². The first-order valence-corrected chi connectivity index (χ1v) is 7.80. The van der Waals surface area contributed by atoms with Gasteiger partial charge in [0.25, 0.3) is 10.0 Å². The van der Waals surface area contributed by atoms with Crippen molar-refractivity contribution in [3.8, 4) is 0 Å². The fourth-order valence-electron chi connectivity index (χ4n) is 1.23. The van der Waals surface area contributed by atoms with Crippen LogP contribution >= 0.6 is 22.9 Å². The van der Waals surface area contributed by atoms with Gasteiger partial charge in [-0.25, -0.2) is 18.1 Å². The summed E-state index contributed by atoms with van der Waals surface area (Å²) in [7, 11) is -3.41. The summed E-state index contributed by atoms with van der Waals surface area (Å²) in [5.74, 6) is 0.547. The molecule has 4 nitrogen and oxygen atoms in total. The third-order valence-corrected chi connectivity index (χ3v) is 5.22. The zero-order chi connectivity index (χ0) is 12.2. The molecule has 0 aromatic carbocycles. The van der Waals surface area contributed by atoms with Crippen molar-refractivity contribution >= 4 is 33.0 Å². The molecule has 0 bridgehead atoms. The second kappa shape index (κ2) is 5.95. The molecule has 0 radical (unpaired) electrons. The lowest BCUT2D eigenvalue weighted by Gasteiger charge is -2.11. The van der Waals surface area contributed by atoms with Crippen LogP contribution in [-0.4, -0.2) is 25.3 Å². The van der Waals surface area contributed by atoms with E-state index in [1.165, 1.54) is 17.5 Å². The van der Waals surface area contributed by atoms with Crippen LogP contribution in [0.4, 0.5) is 0 Å². The molecular formula is C9H15ClN2O2S2. The van der Waals surface area contributed by atoms with Crippen LogP contribution < -0.4 is 4.72 Å². The molecule has 0 amide bonds. The third kappa shape index (κ3) is 4.01. The number of hydrogen-bond donors (Lipinski definition) is 1. The molecule has 0 aliphatic rings. The van der Waals surface area contributed by atoms with Gasteiger partial charge < -0.3 is 0 Å². The Morgan fingerprint density at radius 3 is 2.81 bits per heavy atom. The highest BCUT2D eigenvalue weighted by Gasteiger charge is 2.19. The van der Waals surface area contributed by atoms with Gasteiger partial charge in [-0.2, -0.15) is 0 Å². The van der Waals surface area contributed by atoms with Gasteiger partial charge in [0, 0.05) is 11.9 Å². The van der Waals surface area contributed by atoms with Crippen LogP contribution in [-0.2, 0) is 10.0 Å². The fraction of sp³-hybridized carbons (Fsp3) is 0.667. The molecule has 92 valence electrons. The molecule has 0 fully saturated rings. The molecule has 1 aromatic heterocycles.